The van der Waals surface area contributed by atoms with Gasteiger partial charge in [0.2, 0.25) is 0 Å². The average molecular weight is 355 g/mol. The number of nitrogens with one attached hydrogen (secondary N) is 1. The highest BCUT2D eigenvalue weighted by atomic mass is 16.5. The van der Waals surface area contributed by atoms with Crippen LogP contribution in [-0.2, 0) is 0 Å². The molecular weight excluding hydrogens is 334 g/mol. The molecule has 1 atom stereocenters. The minimum atomic E-state index is -0.00282. The van der Waals surface area contributed by atoms with Crippen molar-refractivity contribution < 1.29 is 9.53 Å². The standard InChI is InChI=1S/C24H21NO2/c1-27-19-13-11-18(12-14-19)24(26)15-21(17-7-3-2-4-8-17)22-16-25-23-10-6-5-9-20(22)23/h2-14,16,21,25H,15H2,1H3/t21-/m1/s1. The summed E-state index contributed by atoms with van der Waals surface area (Å²) >= 11 is 0. The van der Waals surface area contributed by atoms with Crippen LogP contribution in [0.3, 0.4) is 0 Å². The van der Waals surface area contributed by atoms with Crippen molar-refractivity contribution in [3.8, 4) is 5.75 Å². The highest BCUT2D eigenvalue weighted by Crippen LogP contribution is 2.34. The van der Waals surface area contributed by atoms with E-state index in [2.05, 4.69) is 29.2 Å². The van der Waals surface area contributed by atoms with Crippen molar-refractivity contribution in [2.45, 2.75) is 12.3 Å². The van der Waals surface area contributed by atoms with Crippen molar-refractivity contribution in [1.82, 2.24) is 4.98 Å². The number of rotatable bonds is 6. The fourth-order valence-corrected chi connectivity index (χ4v) is 3.56. The molecule has 0 aliphatic heterocycles. The molecule has 1 heterocycles. The van der Waals surface area contributed by atoms with Gasteiger partial charge in [-0.15, -0.1) is 0 Å². The summed E-state index contributed by atoms with van der Waals surface area (Å²) in [6.45, 7) is 0. The van der Waals surface area contributed by atoms with Crippen LogP contribution in [0.2, 0.25) is 0 Å². The Hall–Kier alpha value is -3.33. The maximum Gasteiger partial charge on any atom is 0.163 e. The molecule has 4 rings (SSSR count). The van der Waals surface area contributed by atoms with E-state index >= 15 is 0 Å². The van der Waals surface area contributed by atoms with Gasteiger partial charge in [0.25, 0.3) is 0 Å². The highest BCUT2D eigenvalue weighted by molar-refractivity contribution is 5.97. The number of Topliss-reactive ketones (excluding diaryl/α,β-unsaturated/α-hetero) is 1. The van der Waals surface area contributed by atoms with Crippen LogP contribution in [0.15, 0.2) is 85.1 Å². The molecule has 0 aliphatic carbocycles. The maximum atomic E-state index is 13.0. The Morgan fingerprint density at radius 3 is 2.37 bits per heavy atom. The number of ketones is 1. The number of methoxy groups -OCH3 is 1. The van der Waals surface area contributed by atoms with Gasteiger partial charge in [-0.3, -0.25) is 4.79 Å². The van der Waals surface area contributed by atoms with Crippen molar-refractivity contribution in [3.63, 3.8) is 0 Å². The van der Waals surface area contributed by atoms with Crippen LogP contribution in [-0.4, -0.2) is 17.9 Å². The molecule has 0 fully saturated rings. The van der Waals surface area contributed by atoms with Gasteiger partial charge in [0.05, 0.1) is 7.11 Å². The molecule has 0 saturated heterocycles. The molecule has 3 heteroatoms. The van der Waals surface area contributed by atoms with E-state index in [0.29, 0.717) is 12.0 Å². The van der Waals surface area contributed by atoms with E-state index in [9.17, 15) is 4.79 Å². The second-order valence-electron chi connectivity index (χ2n) is 6.61. The van der Waals surface area contributed by atoms with Gasteiger partial charge >= 0.3 is 0 Å². The van der Waals surface area contributed by atoms with E-state index in [4.69, 9.17) is 4.74 Å². The molecule has 134 valence electrons. The molecule has 0 aliphatic rings. The van der Waals surface area contributed by atoms with E-state index in [1.165, 1.54) is 0 Å². The van der Waals surface area contributed by atoms with Gasteiger partial charge in [-0.2, -0.15) is 0 Å². The van der Waals surface area contributed by atoms with Crippen LogP contribution in [0.1, 0.15) is 33.8 Å². The molecule has 1 aromatic heterocycles. The first kappa shape index (κ1) is 17.1. The molecule has 0 amide bonds. The summed E-state index contributed by atoms with van der Waals surface area (Å²) < 4.78 is 5.19. The van der Waals surface area contributed by atoms with Gasteiger partial charge in [-0.25, -0.2) is 0 Å². The summed E-state index contributed by atoms with van der Waals surface area (Å²) in [6.07, 6.45) is 2.45. The summed E-state index contributed by atoms with van der Waals surface area (Å²) in [5.74, 6) is 0.872. The Morgan fingerprint density at radius 2 is 1.63 bits per heavy atom. The quantitative estimate of drug-likeness (QED) is 0.459. The topological polar surface area (TPSA) is 42.1 Å². The van der Waals surface area contributed by atoms with E-state index in [0.717, 1.165) is 27.8 Å². The lowest BCUT2D eigenvalue weighted by atomic mass is 9.85. The smallest absolute Gasteiger partial charge is 0.163 e. The fraction of sp³-hybridized carbons (Fsp3) is 0.125. The molecule has 4 aromatic rings. The predicted molar refractivity (Wildman–Crippen MR) is 109 cm³/mol. The number of para-hydroxylation sites is 1. The Labute approximate surface area is 158 Å². The lowest BCUT2D eigenvalue weighted by Gasteiger charge is -2.17. The zero-order valence-corrected chi connectivity index (χ0v) is 15.2. The summed E-state index contributed by atoms with van der Waals surface area (Å²) in [4.78, 5) is 16.3. The van der Waals surface area contributed by atoms with Crippen LogP contribution in [0.5, 0.6) is 5.75 Å². The summed E-state index contributed by atoms with van der Waals surface area (Å²) in [5, 5.41) is 1.16. The molecular formula is C24H21NO2. The second-order valence-corrected chi connectivity index (χ2v) is 6.61. The maximum absolute atomic E-state index is 13.0. The Bertz CT molecular complexity index is 1050. The van der Waals surface area contributed by atoms with Gasteiger partial charge in [-0.1, -0.05) is 48.5 Å². The van der Waals surface area contributed by atoms with Crippen LogP contribution >= 0.6 is 0 Å². The molecule has 0 unspecified atom stereocenters. The van der Waals surface area contributed by atoms with Crippen molar-refractivity contribution in [1.29, 1.82) is 0 Å². The van der Waals surface area contributed by atoms with E-state index < -0.39 is 0 Å². The third-order valence-corrected chi connectivity index (χ3v) is 5.00. The lowest BCUT2D eigenvalue weighted by Crippen LogP contribution is -2.09. The van der Waals surface area contributed by atoms with Gasteiger partial charge in [-0.05, 0) is 41.5 Å². The summed E-state index contributed by atoms with van der Waals surface area (Å²) in [7, 11) is 1.62. The van der Waals surface area contributed by atoms with Crippen molar-refractivity contribution >= 4 is 16.7 Å². The average Bonchev–Trinajstić information content (AvgIpc) is 3.16. The number of hydrogen-bond donors (Lipinski definition) is 1. The zero-order valence-electron chi connectivity index (χ0n) is 15.2. The molecule has 27 heavy (non-hydrogen) atoms. The van der Waals surface area contributed by atoms with Crippen molar-refractivity contribution in [3.05, 3.63) is 102 Å². The minimum absolute atomic E-state index is 0.00282. The molecule has 0 radical (unpaired) electrons. The van der Waals surface area contributed by atoms with Crippen molar-refractivity contribution in [2.24, 2.45) is 0 Å². The van der Waals surface area contributed by atoms with E-state index in [1.807, 2.05) is 60.8 Å². The first-order valence-electron chi connectivity index (χ1n) is 9.04. The molecule has 3 aromatic carbocycles. The third kappa shape index (κ3) is 3.49. The lowest BCUT2D eigenvalue weighted by molar-refractivity contribution is 0.0978. The highest BCUT2D eigenvalue weighted by Gasteiger charge is 2.22. The summed E-state index contributed by atoms with van der Waals surface area (Å²) in [6, 6.07) is 25.8. The largest absolute Gasteiger partial charge is 0.497 e. The predicted octanol–water partition coefficient (Wildman–Crippen LogP) is 5.58. The monoisotopic (exact) mass is 355 g/mol. The van der Waals surface area contributed by atoms with Crippen LogP contribution in [0.4, 0.5) is 0 Å². The number of carbonyl (C=O) groups is 1. The molecule has 3 nitrogen and oxygen atoms in total. The molecule has 1 N–H and O–H groups in total. The minimum Gasteiger partial charge on any atom is -0.497 e. The first-order valence-corrected chi connectivity index (χ1v) is 9.04. The number of aromatic nitrogens is 1. The fourth-order valence-electron chi connectivity index (χ4n) is 3.56. The number of benzene rings is 3. The normalized spacial score (nSPS) is 12.0. The van der Waals surface area contributed by atoms with Crippen LogP contribution in [0, 0.1) is 0 Å². The summed E-state index contributed by atoms with van der Waals surface area (Å²) in [5.41, 5.74) is 4.09. The zero-order chi connectivity index (χ0) is 18.6. The second kappa shape index (κ2) is 7.50. The number of H-pyrrole nitrogens is 1. The molecule has 0 saturated carbocycles. The van der Waals surface area contributed by atoms with Crippen molar-refractivity contribution in [2.75, 3.05) is 7.11 Å². The SMILES string of the molecule is COc1ccc(C(=O)C[C@H](c2ccccc2)c2c[nH]c3ccccc23)cc1. The van der Waals surface area contributed by atoms with E-state index in [-0.39, 0.29) is 11.7 Å². The van der Waals surface area contributed by atoms with E-state index in [1.54, 1.807) is 7.11 Å². The Balaban J connectivity index is 1.71. The first-order chi connectivity index (χ1) is 13.3. The van der Waals surface area contributed by atoms with Gasteiger partial charge in [0, 0.05) is 35.0 Å². The van der Waals surface area contributed by atoms with Crippen LogP contribution < -0.4 is 4.74 Å². The Morgan fingerprint density at radius 1 is 0.926 bits per heavy atom. The number of fused-ring (bicyclic) bond motifs is 1. The van der Waals surface area contributed by atoms with Crippen LogP contribution in [0.25, 0.3) is 10.9 Å². The number of carbonyl (C=O) groups excluding carboxylic acids is 1. The number of hydrogen-bond acceptors (Lipinski definition) is 2. The molecule has 0 spiro atoms. The third-order valence-electron chi connectivity index (χ3n) is 5.00. The van der Waals surface area contributed by atoms with Gasteiger partial charge in [0.1, 0.15) is 5.75 Å². The number of ether oxygens (including phenoxy) is 1. The number of aromatic amines is 1. The van der Waals surface area contributed by atoms with Gasteiger partial charge < -0.3 is 9.72 Å². The molecule has 0 bridgehead atoms. The Kier molecular flexibility index (Phi) is 4.75. The van der Waals surface area contributed by atoms with Gasteiger partial charge in [0.15, 0.2) is 5.78 Å².